The summed E-state index contributed by atoms with van der Waals surface area (Å²) >= 11 is 0. The average molecular weight is 389 g/mol. The zero-order valence-electron chi connectivity index (χ0n) is 16.5. The van der Waals surface area contributed by atoms with Crippen molar-refractivity contribution in [2.75, 3.05) is 26.7 Å². The van der Waals surface area contributed by atoms with E-state index in [-0.39, 0.29) is 36.7 Å². The monoisotopic (exact) mass is 389 g/mol. The van der Waals surface area contributed by atoms with Crippen LogP contribution < -0.4 is 20.1 Å². The van der Waals surface area contributed by atoms with E-state index in [1.165, 1.54) is 0 Å². The molecule has 1 spiro atoms. The smallest absolute Gasteiger partial charge is 0.255 e. The minimum absolute atomic E-state index is 0.0211. The second kappa shape index (κ2) is 8.08. The van der Waals surface area contributed by atoms with Gasteiger partial charge in [-0.3, -0.25) is 14.4 Å². The number of amides is 3. The molecule has 1 saturated heterocycles. The van der Waals surface area contributed by atoms with Gasteiger partial charge in [0.1, 0.15) is 17.1 Å². The predicted octanol–water partition coefficient (Wildman–Crippen LogP) is 1.09. The number of hydrogen-bond acceptors (Lipinski definition) is 5. The first-order valence-electron chi connectivity index (χ1n) is 9.54. The predicted molar refractivity (Wildman–Crippen MR) is 102 cm³/mol. The summed E-state index contributed by atoms with van der Waals surface area (Å²) in [6, 6.07) is 5.11. The fraction of sp³-hybridized carbons (Fsp3) is 0.550. The first kappa shape index (κ1) is 20.0. The quantitative estimate of drug-likeness (QED) is 0.804. The van der Waals surface area contributed by atoms with Crippen molar-refractivity contribution in [1.29, 1.82) is 0 Å². The van der Waals surface area contributed by atoms with Crippen LogP contribution in [0.15, 0.2) is 18.2 Å². The Hall–Kier alpha value is -2.77. The van der Waals surface area contributed by atoms with Gasteiger partial charge in [0.2, 0.25) is 11.8 Å². The van der Waals surface area contributed by atoms with E-state index in [4.69, 9.17) is 9.47 Å². The Morgan fingerprint density at radius 2 is 2.14 bits per heavy atom. The molecule has 0 aromatic heterocycles. The molecule has 2 aliphatic heterocycles. The molecule has 8 heteroatoms. The number of nitrogens with one attached hydrogen (secondary N) is 2. The van der Waals surface area contributed by atoms with Gasteiger partial charge in [-0.15, -0.1) is 0 Å². The van der Waals surface area contributed by atoms with Gasteiger partial charge in [0, 0.05) is 31.5 Å². The summed E-state index contributed by atoms with van der Waals surface area (Å²) in [6.45, 7) is 4.49. The third-order valence-corrected chi connectivity index (χ3v) is 5.10. The summed E-state index contributed by atoms with van der Waals surface area (Å²) in [5.74, 6) is 0.580. The molecular weight excluding hydrogens is 362 g/mol. The molecule has 3 amide bonds. The molecule has 2 aliphatic rings. The molecule has 152 valence electrons. The molecule has 1 atom stereocenters. The zero-order chi connectivity index (χ0) is 20.3. The van der Waals surface area contributed by atoms with E-state index in [1.807, 2.05) is 13.8 Å². The number of hydrogen-bond donors (Lipinski definition) is 2. The normalized spacial score (nSPS) is 22.1. The number of carbonyl (C=O) groups excluding carboxylic acids is 3. The number of likely N-dealkylation sites (tertiary alicyclic amines) is 1. The average Bonchev–Trinajstić information content (AvgIpc) is 2.88. The highest BCUT2D eigenvalue weighted by molar-refractivity contribution is 5.97. The van der Waals surface area contributed by atoms with Crippen molar-refractivity contribution < 1.29 is 23.9 Å². The molecular formula is C20H27N3O5. The van der Waals surface area contributed by atoms with Crippen LogP contribution in [0.3, 0.4) is 0 Å². The van der Waals surface area contributed by atoms with Crippen molar-refractivity contribution >= 4 is 17.7 Å². The molecule has 0 aliphatic carbocycles. The fourth-order valence-corrected chi connectivity index (χ4v) is 3.58. The van der Waals surface area contributed by atoms with Crippen LogP contribution in [0.1, 0.15) is 43.5 Å². The van der Waals surface area contributed by atoms with Crippen LogP contribution in [-0.4, -0.2) is 61.0 Å². The van der Waals surface area contributed by atoms with Crippen LogP contribution in [-0.2, 0) is 9.59 Å². The lowest BCUT2D eigenvalue weighted by molar-refractivity contribution is -0.135. The van der Waals surface area contributed by atoms with Gasteiger partial charge >= 0.3 is 0 Å². The largest absolute Gasteiger partial charge is 0.497 e. The van der Waals surface area contributed by atoms with Crippen molar-refractivity contribution in [2.24, 2.45) is 0 Å². The van der Waals surface area contributed by atoms with Crippen LogP contribution in [0.25, 0.3) is 0 Å². The number of fused-ring (bicyclic) bond motifs is 1. The number of nitrogens with zero attached hydrogens (tertiary/aromatic N) is 1. The number of methoxy groups -OCH3 is 1. The Morgan fingerprint density at radius 1 is 1.36 bits per heavy atom. The molecule has 1 fully saturated rings. The molecule has 1 aromatic rings. The maximum absolute atomic E-state index is 12.5. The first-order chi connectivity index (χ1) is 13.3. The molecule has 28 heavy (non-hydrogen) atoms. The third-order valence-electron chi connectivity index (χ3n) is 5.10. The highest BCUT2D eigenvalue weighted by atomic mass is 16.5. The Balaban J connectivity index is 1.78. The van der Waals surface area contributed by atoms with Gasteiger partial charge in [-0.2, -0.15) is 0 Å². The van der Waals surface area contributed by atoms with Crippen LogP contribution in [0.2, 0.25) is 0 Å². The highest BCUT2D eigenvalue weighted by Gasteiger charge is 2.40. The lowest BCUT2D eigenvalue weighted by Gasteiger charge is -2.32. The number of rotatable bonds is 4. The van der Waals surface area contributed by atoms with Crippen molar-refractivity contribution in [2.45, 2.75) is 44.8 Å². The second-order valence-electron chi connectivity index (χ2n) is 7.62. The van der Waals surface area contributed by atoms with Crippen molar-refractivity contribution in [3.05, 3.63) is 23.8 Å². The van der Waals surface area contributed by atoms with E-state index >= 15 is 0 Å². The van der Waals surface area contributed by atoms with Gasteiger partial charge in [-0.25, -0.2) is 0 Å². The summed E-state index contributed by atoms with van der Waals surface area (Å²) < 4.78 is 11.5. The number of benzene rings is 1. The van der Waals surface area contributed by atoms with E-state index in [0.717, 1.165) is 0 Å². The minimum Gasteiger partial charge on any atom is -0.497 e. The van der Waals surface area contributed by atoms with Gasteiger partial charge in [0.25, 0.3) is 5.91 Å². The fourth-order valence-electron chi connectivity index (χ4n) is 3.58. The molecule has 2 N–H and O–H groups in total. The van der Waals surface area contributed by atoms with Crippen LogP contribution >= 0.6 is 0 Å². The molecule has 2 heterocycles. The van der Waals surface area contributed by atoms with Gasteiger partial charge in [0.15, 0.2) is 0 Å². The molecule has 0 bridgehead atoms. The molecule has 0 unspecified atom stereocenters. The van der Waals surface area contributed by atoms with Crippen molar-refractivity contribution in [3.63, 3.8) is 0 Å². The Bertz CT molecular complexity index is 779. The van der Waals surface area contributed by atoms with Crippen molar-refractivity contribution in [1.82, 2.24) is 15.5 Å². The lowest BCUT2D eigenvalue weighted by Crippen LogP contribution is -2.46. The van der Waals surface area contributed by atoms with E-state index in [0.29, 0.717) is 43.0 Å². The summed E-state index contributed by atoms with van der Waals surface area (Å²) in [5, 5.41) is 5.72. The molecule has 0 saturated carbocycles. The summed E-state index contributed by atoms with van der Waals surface area (Å²) in [5.41, 5.74) is -0.256. The van der Waals surface area contributed by atoms with Crippen LogP contribution in [0.5, 0.6) is 11.5 Å². The summed E-state index contributed by atoms with van der Waals surface area (Å²) in [7, 11) is 1.55. The van der Waals surface area contributed by atoms with Gasteiger partial charge in [-0.1, -0.05) is 0 Å². The maximum atomic E-state index is 12.5. The van der Waals surface area contributed by atoms with E-state index < -0.39 is 5.60 Å². The Labute approximate surface area is 164 Å². The van der Waals surface area contributed by atoms with Crippen LogP contribution in [0.4, 0.5) is 0 Å². The lowest BCUT2D eigenvalue weighted by atomic mass is 9.94. The number of carbonyl (C=O) groups is 3. The van der Waals surface area contributed by atoms with E-state index in [2.05, 4.69) is 10.6 Å². The third kappa shape index (κ3) is 4.37. The van der Waals surface area contributed by atoms with Gasteiger partial charge < -0.3 is 25.0 Å². The first-order valence-corrected chi connectivity index (χ1v) is 9.54. The van der Waals surface area contributed by atoms with E-state index in [9.17, 15) is 14.4 Å². The SMILES string of the molecule is COc1ccc2c(c1)O[C@@]1(CCC(=O)N(CC(=O)NC(C)C)CC1)CNC2=O. The van der Waals surface area contributed by atoms with Gasteiger partial charge in [0.05, 0.1) is 25.8 Å². The van der Waals surface area contributed by atoms with Crippen LogP contribution in [0, 0.1) is 0 Å². The summed E-state index contributed by atoms with van der Waals surface area (Å²) in [6.07, 6.45) is 1.24. The molecule has 3 rings (SSSR count). The van der Waals surface area contributed by atoms with Crippen molar-refractivity contribution in [3.8, 4) is 11.5 Å². The Kier molecular flexibility index (Phi) is 5.76. The maximum Gasteiger partial charge on any atom is 0.255 e. The second-order valence-corrected chi connectivity index (χ2v) is 7.62. The Morgan fingerprint density at radius 3 is 2.86 bits per heavy atom. The topological polar surface area (TPSA) is 97.0 Å². The molecule has 0 radical (unpaired) electrons. The van der Waals surface area contributed by atoms with E-state index in [1.54, 1.807) is 30.2 Å². The zero-order valence-corrected chi connectivity index (χ0v) is 16.5. The van der Waals surface area contributed by atoms with Gasteiger partial charge in [-0.05, 0) is 32.4 Å². The minimum atomic E-state index is -0.702. The summed E-state index contributed by atoms with van der Waals surface area (Å²) in [4.78, 5) is 38.6. The standard InChI is InChI=1S/C20H27N3O5/c1-13(2)22-17(24)11-23-9-8-20(7-6-18(23)25)12-21-19(26)15-5-4-14(27-3)10-16(15)28-20/h4-5,10,13H,6-9,11-12H2,1-3H3,(H,21,26)(H,22,24)/t20-/m1/s1. The molecule has 1 aromatic carbocycles. The molecule has 8 nitrogen and oxygen atoms in total. The highest BCUT2D eigenvalue weighted by Crippen LogP contribution is 2.35. The number of ether oxygens (including phenoxy) is 2.